The van der Waals surface area contributed by atoms with Crippen molar-refractivity contribution in [3.63, 3.8) is 0 Å². The highest BCUT2D eigenvalue weighted by Gasteiger charge is 2.37. The fourth-order valence-corrected chi connectivity index (χ4v) is 16.8. The fraction of sp³-hybridized carbons (Fsp3) is 0.881. The van der Waals surface area contributed by atoms with E-state index < -0.39 is 12.1 Å². The summed E-state index contributed by atoms with van der Waals surface area (Å²) in [7, 11) is 2.13. The van der Waals surface area contributed by atoms with Crippen molar-refractivity contribution in [2.45, 2.75) is 491 Å². The Morgan fingerprint density at radius 1 is 0.366 bits per heavy atom. The SMILES string of the molecule is CCCCC/C=C\C/C=C\CCCCCCCC(=O)N(CCN(C)CC)C(C(=O)NCCCCCCCCCCCCCCCCCC)C(CC)CCCCC1CN(CCN(C(=O)CCCCCCC/C=C\C/C=C\CCCCC)C(C(=O)NCCCCCCCCCCCCCCCCCC)C(CC)CCCC)CCO1. The van der Waals surface area contributed by atoms with Gasteiger partial charge < -0.3 is 30.1 Å². The van der Waals surface area contributed by atoms with Gasteiger partial charge in [0.15, 0.2) is 0 Å². The van der Waals surface area contributed by atoms with E-state index in [0.717, 1.165) is 180 Å². The summed E-state index contributed by atoms with van der Waals surface area (Å²) in [5.74, 6) is 0.525. The largest absolute Gasteiger partial charge is 0.376 e. The molecule has 11 heteroatoms. The van der Waals surface area contributed by atoms with Crippen molar-refractivity contribution in [1.29, 1.82) is 0 Å². The molecule has 0 bridgehead atoms. The number of hydrogen-bond donors (Lipinski definition) is 2. The van der Waals surface area contributed by atoms with E-state index in [1.807, 2.05) is 4.90 Å². The number of hydrogen-bond acceptors (Lipinski definition) is 7. The summed E-state index contributed by atoms with van der Waals surface area (Å²) in [5, 5.41) is 6.88. The lowest BCUT2D eigenvalue weighted by molar-refractivity contribution is -0.143. The zero-order chi connectivity index (χ0) is 81.3. The molecule has 0 aromatic rings. The average Bonchev–Trinajstić information content (AvgIpc) is 0.839. The van der Waals surface area contributed by atoms with Gasteiger partial charge in [-0.2, -0.15) is 0 Å². The van der Waals surface area contributed by atoms with Crippen LogP contribution in [0, 0.1) is 11.8 Å². The first-order valence-corrected chi connectivity index (χ1v) is 49.8. The van der Waals surface area contributed by atoms with Gasteiger partial charge in [0.2, 0.25) is 23.6 Å². The Hall–Kier alpha value is -3.28. The highest BCUT2D eigenvalue weighted by atomic mass is 16.5. The maximum atomic E-state index is 15.0. The van der Waals surface area contributed by atoms with E-state index in [2.05, 4.69) is 136 Å². The third-order valence-electron chi connectivity index (χ3n) is 24.6. The molecular weight excluding hydrogens is 1380 g/mol. The molecule has 1 heterocycles. The fourth-order valence-electron chi connectivity index (χ4n) is 16.8. The summed E-state index contributed by atoms with van der Waals surface area (Å²) in [6.07, 6.45) is 95.7. The maximum Gasteiger partial charge on any atom is 0.243 e. The van der Waals surface area contributed by atoms with Crippen LogP contribution in [-0.2, 0) is 23.9 Å². The summed E-state index contributed by atoms with van der Waals surface area (Å²) < 4.78 is 6.57. The quantitative estimate of drug-likeness (QED) is 0.0460. The Labute approximate surface area is 697 Å². The van der Waals surface area contributed by atoms with E-state index in [0.29, 0.717) is 45.6 Å². The molecule has 0 aromatic carbocycles. The molecule has 11 nitrogen and oxygen atoms in total. The zero-order valence-corrected chi connectivity index (χ0v) is 76.4. The minimum absolute atomic E-state index is 0.0379. The molecule has 1 fully saturated rings. The number of likely N-dealkylation sites (N-methyl/N-ethyl adjacent to an activating group) is 1. The summed E-state index contributed by atoms with van der Waals surface area (Å²) in [6.45, 7) is 25.1. The van der Waals surface area contributed by atoms with Crippen LogP contribution in [0.25, 0.3) is 0 Å². The van der Waals surface area contributed by atoms with Crippen LogP contribution in [0.4, 0.5) is 0 Å². The molecule has 0 aliphatic carbocycles. The molecule has 656 valence electrons. The van der Waals surface area contributed by atoms with Crippen molar-refractivity contribution in [2.24, 2.45) is 11.8 Å². The van der Waals surface area contributed by atoms with E-state index in [1.165, 1.54) is 257 Å². The topological polar surface area (TPSA) is 115 Å². The molecule has 1 saturated heterocycles. The zero-order valence-electron chi connectivity index (χ0n) is 76.4. The molecule has 4 amide bonds. The first-order valence-electron chi connectivity index (χ1n) is 49.8. The molecule has 0 aromatic heterocycles. The van der Waals surface area contributed by atoms with Crippen molar-refractivity contribution >= 4 is 23.6 Å². The molecule has 2 N–H and O–H groups in total. The Bertz CT molecular complexity index is 2180. The van der Waals surface area contributed by atoms with Crippen molar-refractivity contribution < 1.29 is 23.9 Å². The lowest BCUT2D eigenvalue weighted by Gasteiger charge is -2.39. The maximum absolute atomic E-state index is 15.0. The van der Waals surface area contributed by atoms with Gasteiger partial charge in [0.25, 0.3) is 0 Å². The molecule has 0 saturated carbocycles. The highest BCUT2D eigenvalue weighted by Crippen LogP contribution is 2.28. The predicted octanol–water partition coefficient (Wildman–Crippen LogP) is 28.2. The smallest absolute Gasteiger partial charge is 0.243 e. The second kappa shape index (κ2) is 82.8. The lowest BCUT2D eigenvalue weighted by atomic mass is 9.88. The number of amides is 4. The molecular formula is C101H192N6O5. The van der Waals surface area contributed by atoms with E-state index >= 15 is 0 Å². The van der Waals surface area contributed by atoms with Crippen molar-refractivity contribution in [3.8, 4) is 0 Å². The molecule has 112 heavy (non-hydrogen) atoms. The summed E-state index contributed by atoms with van der Waals surface area (Å²) in [6, 6.07) is -0.969. The molecule has 1 aliphatic heterocycles. The van der Waals surface area contributed by atoms with Gasteiger partial charge in [0.1, 0.15) is 12.1 Å². The van der Waals surface area contributed by atoms with Gasteiger partial charge in [-0.1, -0.05) is 399 Å². The molecule has 1 aliphatic rings. The van der Waals surface area contributed by atoms with Gasteiger partial charge in [-0.05, 0) is 135 Å². The average molecular weight is 1570 g/mol. The van der Waals surface area contributed by atoms with Crippen LogP contribution < -0.4 is 10.6 Å². The minimum atomic E-state index is -0.497. The molecule has 5 unspecified atom stereocenters. The number of rotatable bonds is 85. The third-order valence-corrected chi connectivity index (χ3v) is 24.6. The molecule has 1 rings (SSSR count). The van der Waals surface area contributed by atoms with E-state index in [4.69, 9.17) is 4.74 Å². The Balaban J connectivity index is 3.22. The second-order valence-corrected chi connectivity index (χ2v) is 34.7. The Kier molecular flexibility index (Phi) is 78.9. The molecule has 0 radical (unpaired) electrons. The summed E-state index contributed by atoms with van der Waals surface area (Å²) in [4.78, 5) is 68.4. The third kappa shape index (κ3) is 62.9. The van der Waals surface area contributed by atoms with Crippen molar-refractivity contribution in [1.82, 2.24) is 30.2 Å². The van der Waals surface area contributed by atoms with Crippen LogP contribution in [0.15, 0.2) is 48.6 Å². The number of allylic oxidation sites excluding steroid dienone is 8. The van der Waals surface area contributed by atoms with Gasteiger partial charge in [-0.25, -0.2) is 0 Å². The number of nitrogens with zero attached hydrogens (tertiary/aromatic N) is 4. The van der Waals surface area contributed by atoms with Crippen LogP contribution in [-0.4, -0.2) is 134 Å². The number of ether oxygens (including phenoxy) is 1. The number of carbonyl (C=O) groups is 4. The van der Waals surface area contributed by atoms with E-state index in [-0.39, 0.29) is 41.6 Å². The van der Waals surface area contributed by atoms with Gasteiger partial charge in [0.05, 0.1) is 12.7 Å². The van der Waals surface area contributed by atoms with Crippen molar-refractivity contribution in [2.75, 3.05) is 72.6 Å². The van der Waals surface area contributed by atoms with E-state index in [9.17, 15) is 19.2 Å². The highest BCUT2D eigenvalue weighted by molar-refractivity contribution is 5.88. The van der Waals surface area contributed by atoms with Crippen LogP contribution >= 0.6 is 0 Å². The van der Waals surface area contributed by atoms with Crippen LogP contribution in [0.2, 0.25) is 0 Å². The predicted molar refractivity (Wildman–Crippen MR) is 490 cm³/mol. The lowest BCUT2D eigenvalue weighted by Crippen LogP contribution is -2.56. The number of unbranched alkanes of at least 4 members (excludes halogenated alkanes) is 48. The molecule has 0 spiro atoms. The van der Waals surface area contributed by atoms with Crippen LogP contribution in [0.3, 0.4) is 0 Å². The van der Waals surface area contributed by atoms with Gasteiger partial charge in [-0.15, -0.1) is 0 Å². The Morgan fingerprint density at radius 2 is 0.688 bits per heavy atom. The Morgan fingerprint density at radius 3 is 1.05 bits per heavy atom. The first-order chi connectivity index (χ1) is 55.1. The monoisotopic (exact) mass is 1570 g/mol. The number of nitrogens with one attached hydrogen (secondary N) is 2. The number of carbonyl (C=O) groups excluding carboxylic acids is 4. The normalized spacial score (nSPS) is 14.8. The van der Waals surface area contributed by atoms with Crippen LogP contribution in [0.1, 0.15) is 473 Å². The standard InChI is InChI=1S/C101H192N6O5/c1-10-18-23-27-31-35-39-43-47-51-55-59-63-67-71-77-84-102-100(110)98(93(15-6)79-22-14-5)107(97(109)83-74-70-66-62-58-54-50-46-42-38-34-30-26-21-13-4)89-87-105-90-91-112-95(92-105)81-76-75-80-94(16-7)99(101(111)103-85-78-72-68-64-60-56-52-48-44-40-36-32-28-24-19-11-2)106(88-86-104(9)17-8)96(108)82-73-69-65-61-57-53-49-45-41-37-33-29-25-20-12-3/h33-34,37-38,45-46,49-50,93-95,98-99H,10-32,35-36,39-44,47-48,51-92H2,1-9H3,(H,102,110)(H,103,111)/b37-33-,38-34-,49-45-,50-46-. The van der Waals surface area contributed by atoms with Gasteiger partial charge in [-0.3, -0.25) is 24.1 Å². The number of morpholine rings is 1. The summed E-state index contributed by atoms with van der Waals surface area (Å²) in [5.41, 5.74) is 0. The summed E-state index contributed by atoms with van der Waals surface area (Å²) >= 11 is 0. The van der Waals surface area contributed by atoms with Gasteiger partial charge >= 0.3 is 0 Å². The molecule has 5 atom stereocenters. The van der Waals surface area contributed by atoms with Crippen LogP contribution in [0.5, 0.6) is 0 Å². The van der Waals surface area contributed by atoms with E-state index in [1.54, 1.807) is 0 Å². The minimum Gasteiger partial charge on any atom is -0.376 e. The first kappa shape index (κ1) is 107. The van der Waals surface area contributed by atoms with Crippen molar-refractivity contribution in [3.05, 3.63) is 48.6 Å². The van der Waals surface area contributed by atoms with Gasteiger partial charge in [0, 0.05) is 65.2 Å². The second-order valence-electron chi connectivity index (χ2n) is 34.7.